The van der Waals surface area contributed by atoms with Gasteiger partial charge in [0.05, 0.1) is 16.8 Å². The lowest BCUT2D eigenvalue weighted by atomic mass is 10.1. The molecule has 10 heteroatoms. The Kier molecular flexibility index (Phi) is 6.27. The minimum absolute atomic E-state index is 0.102. The van der Waals surface area contributed by atoms with Crippen molar-refractivity contribution in [2.45, 2.75) is 19.2 Å². The average Bonchev–Trinajstić information content (AvgIpc) is 2.80. The van der Waals surface area contributed by atoms with Crippen molar-refractivity contribution >= 4 is 28.8 Å². The fourth-order valence-electron chi connectivity index (χ4n) is 3.30. The highest BCUT2D eigenvalue weighted by atomic mass is 19.4. The SMILES string of the molecule is COCc1nc(Nc2ccc(CC=O)cc2)c2ncc(-c3ncccc3C(F)(F)F)cc2n1. The van der Waals surface area contributed by atoms with E-state index in [-0.39, 0.29) is 17.9 Å². The Hall–Kier alpha value is -3.92. The number of nitrogens with one attached hydrogen (secondary N) is 1. The molecule has 0 saturated carbocycles. The topological polar surface area (TPSA) is 89.9 Å². The summed E-state index contributed by atoms with van der Waals surface area (Å²) in [6.07, 6.45) is -0.810. The van der Waals surface area contributed by atoms with Crippen molar-refractivity contribution in [3.8, 4) is 11.3 Å². The molecular formula is C23H18F3N5O2. The number of rotatable bonds is 7. The number of aromatic nitrogens is 4. The number of fused-ring (bicyclic) bond motifs is 1. The third kappa shape index (κ3) is 4.96. The van der Waals surface area contributed by atoms with Gasteiger partial charge in [0.25, 0.3) is 0 Å². The van der Waals surface area contributed by atoms with E-state index >= 15 is 0 Å². The van der Waals surface area contributed by atoms with Gasteiger partial charge in [0.1, 0.15) is 18.4 Å². The summed E-state index contributed by atoms with van der Waals surface area (Å²) in [6.45, 7) is 0.102. The second kappa shape index (κ2) is 9.29. The normalized spacial score (nSPS) is 11.5. The fraction of sp³-hybridized carbons (Fsp3) is 0.174. The number of alkyl halides is 3. The number of methoxy groups -OCH3 is 1. The first-order valence-corrected chi connectivity index (χ1v) is 9.87. The van der Waals surface area contributed by atoms with Crippen molar-refractivity contribution in [3.63, 3.8) is 0 Å². The summed E-state index contributed by atoms with van der Waals surface area (Å²) in [7, 11) is 1.49. The molecule has 0 fully saturated rings. The van der Waals surface area contributed by atoms with Gasteiger partial charge in [-0.15, -0.1) is 0 Å². The molecule has 0 saturated heterocycles. The molecule has 33 heavy (non-hydrogen) atoms. The van der Waals surface area contributed by atoms with Gasteiger partial charge in [-0.3, -0.25) is 4.98 Å². The highest BCUT2D eigenvalue weighted by molar-refractivity contribution is 5.89. The van der Waals surface area contributed by atoms with Crippen molar-refractivity contribution in [3.05, 3.63) is 71.8 Å². The Morgan fingerprint density at radius 2 is 1.88 bits per heavy atom. The van der Waals surface area contributed by atoms with Crippen LogP contribution in [0.2, 0.25) is 0 Å². The van der Waals surface area contributed by atoms with Gasteiger partial charge in [0, 0.05) is 37.2 Å². The van der Waals surface area contributed by atoms with Crippen LogP contribution in [0.1, 0.15) is 17.0 Å². The summed E-state index contributed by atoms with van der Waals surface area (Å²) in [5, 5.41) is 3.16. The summed E-state index contributed by atoms with van der Waals surface area (Å²) in [5.74, 6) is 0.708. The van der Waals surface area contributed by atoms with Crippen molar-refractivity contribution < 1.29 is 22.7 Å². The molecule has 7 nitrogen and oxygen atoms in total. The fourth-order valence-corrected chi connectivity index (χ4v) is 3.30. The average molecular weight is 453 g/mol. The van der Waals surface area contributed by atoms with Gasteiger partial charge >= 0.3 is 6.18 Å². The van der Waals surface area contributed by atoms with E-state index in [1.807, 2.05) is 0 Å². The molecule has 3 aromatic heterocycles. The quantitative estimate of drug-likeness (QED) is 0.405. The van der Waals surface area contributed by atoms with Gasteiger partial charge in [-0.2, -0.15) is 13.2 Å². The van der Waals surface area contributed by atoms with Crippen LogP contribution in [0.25, 0.3) is 22.3 Å². The number of hydrogen-bond acceptors (Lipinski definition) is 7. The lowest BCUT2D eigenvalue weighted by Crippen LogP contribution is -2.08. The minimum Gasteiger partial charge on any atom is -0.377 e. The first-order chi connectivity index (χ1) is 15.9. The minimum atomic E-state index is -4.56. The number of benzene rings is 1. The number of anilines is 2. The monoisotopic (exact) mass is 453 g/mol. The first-order valence-electron chi connectivity index (χ1n) is 9.87. The zero-order valence-corrected chi connectivity index (χ0v) is 17.4. The predicted octanol–water partition coefficient (Wildman–Crippen LogP) is 4.74. The maximum Gasteiger partial charge on any atom is 0.418 e. The van der Waals surface area contributed by atoms with E-state index in [2.05, 4.69) is 25.3 Å². The Morgan fingerprint density at radius 1 is 1.09 bits per heavy atom. The van der Waals surface area contributed by atoms with Gasteiger partial charge in [0.15, 0.2) is 11.6 Å². The number of aldehydes is 1. The maximum absolute atomic E-state index is 13.5. The van der Waals surface area contributed by atoms with Crippen LogP contribution in [0.3, 0.4) is 0 Å². The summed E-state index contributed by atoms with van der Waals surface area (Å²) < 4.78 is 45.5. The van der Waals surface area contributed by atoms with Crippen LogP contribution in [0.4, 0.5) is 24.7 Å². The first kappa shape index (κ1) is 22.3. The highest BCUT2D eigenvalue weighted by Gasteiger charge is 2.34. The Balaban J connectivity index is 1.79. The molecule has 1 N–H and O–H groups in total. The van der Waals surface area contributed by atoms with Crippen LogP contribution in [0.5, 0.6) is 0 Å². The van der Waals surface area contributed by atoms with E-state index in [9.17, 15) is 18.0 Å². The number of carbonyl (C=O) groups excluding carboxylic acids is 1. The van der Waals surface area contributed by atoms with Crippen LogP contribution < -0.4 is 5.32 Å². The number of pyridine rings is 2. The second-order valence-electron chi connectivity index (χ2n) is 7.10. The molecule has 0 amide bonds. The van der Waals surface area contributed by atoms with Crippen LogP contribution in [0.15, 0.2) is 54.9 Å². The molecule has 0 atom stereocenters. The van der Waals surface area contributed by atoms with Crippen molar-refractivity contribution in [2.75, 3.05) is 12.4 Å². The van der Waals surface area contributed by atoms with Crippen LogP contribution in [-0.4, -0.2) is 33.3 Å². The van der Waals surface area contributed by atoms with Gasteiger partial charge in [-0.1, -0.05) is 12.1 Å². The number of hydrogen-bond donors (Lipinski definition) is 1. The summed E-state index contributed by atoms with van der Waals surface area (Å²) >= 11 is 0. The molecule has 4 rings (SSSR count). The number of carbonyl (C=O) groups is 1. The van der Waals surface area contributed by atoms with E-state index in [1.165, 1.54) is 31.6 Å². The molecule has 0 unspecified atom stereocenters. The van der Waals surface area contributed by atoms with Crippen molar-refractivity contribution in [2.24, 2.45) is 0 Å². The third-order valence-electron chi connectivity index (χ3n) is 4.78. The molecule has 0 aliphatic carbocycles. The highest BCUT2D eigenvalue weighted by Crippen LogP contribution is 2.36. The van der Waals surface area contributed by atoms with Gasteiger partial charge < -0.3 is 14.8 Å². The lowest BCUT2D eigenvalue weighted by Gasteiger charge is -2.13. The van der Waals surface area contributed by atoms with Gasteiger partial charge in [0.2, 0.25) is 0 Å². The molecule has 0 aliphatic rings. The van der Waals surface area contributed by atoms with Crippen LogP contribution in [-0.2, 0) is 28.7 Å². The molecule has 4 aromatic rings. The van der Waals surface area contributed by atoms with E-state index in [0.717, 1.165) is 17.9 Å². The molecular weight excluding hydrogens is 435 g/mol. The Labute approximate surface area is 186 Å². The molecule has 0 spiro atoms. The molecule has 0 bridgehead atoms. The standard InChI is InChI=1S/C23H18F3N5O2/c1-33-13-19-30-18-11-15(20-17(23(24,25)26)3-2-9-27-20)12-28-21(18)22(31-19)29-16-6-4-14(5-7-16)8-10-32/h2-7,9-12H,8,13H2,1H3,(H,29,30,31). The lowest BCUT2D eigenvalue weighted by molar-refractivity contribution is -0.137. The van der Waals surface area contributed by atoms with Crippen LogP contribution in [0, 0.1) is 0 Å². The Morgan fingerprint density at radius 3 is 2.58 bits per heavy atom. The third-order valence-corrected chi connectivity index (χ3v) is 4.78. The Bertz CT molecular complexity index is 1290. The van der Waals surface area contributed by atoms with Gasteiger partial charge in [-0.05, 0) is 35.9 Å². The smallest absolute Gasteiger partial charge is 0.377 e. The van der Waals surface area contributed by atoms with E-state index < -0.39 is 11.7 Å². The summed E-state index contributed by atoms with van der Waals surface area (Å²) in [4.78, 5) is 27.8. The van der Waals surface area contributed by atoms with Gasteiger partial charge in [-0.25, -0.2) is 15.0 Å². The number of ether oxygens (including phenoxy) is 1. The molecule has 1 aromatic carbocycles. The molecule has 3 heterocycles. The van der Waals surface area contributed by atoms with E-state index in [1.54, 1.807) is 24.3 Å². The summed E-state index contributed by atoms with van der Waals surface area (Å²) in [5.41, 5.74) is 1.37. The van der Waals surface area contributed by atoms with Crippen molar-refractivity contribution in [1.82, 2.24) is 19.9 Å². The zero-order chi connectivity index (χ0) is 23.4. The van der Waals surface area contributed by atoms with Crippen LogP contribution >= 0.6 is 0 Å². The van der Waals surface area contributed by atoms with E-state index in [0.29, 0.717) is 34.8 Å². The molecule has 0 radical (unpaired) electrons. The number of halogens is 3. The predicted molar refractivity (Wildman–Crippen MR) is 116 cm³/mol. The number of nitrogens with zero attached hydrogens (tertiary/aromatic N) is 4. The molecule has 168 valence electrons. The second-order valence-corrected chi connectivity index (χ2v) is 7.10. The van der Waals surface area contributed by atoms with Crippen molar-refractivity contribution in [1.29, 1.82) is 0 Å². The summed E-state index contributed by atoms with van der Waals surface area (Å²) in [6, 6.07) is 10.9. The van der Waals surface area contributed by atoms with E-state index in [4.69, 9.17) is 4.74 Å². The largest absolute Gasteiger partial charge is 0.418 e. The molecule has 0 aliphatic heterocycles. The zero-order valence-electron chi connectivity index (χ0n) is 17.4. The maximum atomic E-state index is 13.5.